The van der Waals surface area contributed by atoms with Gasteiger partial charge in [0.25, 0.3) is 0 Å². The Morgan fingerprint density at radius 2 is 2.24 bits per heavy atom. The van der Waals surface area contributed by atoms with E-state index in [-0.39, 0.29) is 6.04 Å². The fraction of sp³-hybridized carbons (Fsp3) is 0.571. The van der Waals surface area contributed by atoms with Crippen molar-refractivity contribution < 1.29 is 0 Å². The van der Waals surface area contributed by atoms with Crippen LogP contribution >= 0.6 is 22.9 Å². The lowest BCUT2D eigenvalue weighted by Gasteiger charge is -2.19. The Kier molecular flexibility index (Phi) is 5.75. The molecular formula is C14H22ClN5S. The van der Waals surface area contributed by atoms with Crippen LogP contribution in [0.4, 0.5) is 0 Å². The average molecular weight is 328 g/mol. The van der Waals surface area contributed by atoms with Crippen molar-refractivity contribution >= 4 is 22.9 Å². The minimum Gasteiger partial charge on any atom is -0.308 e. The van der Waals surface area contributed by atoms with Crippen LogP contribution < -0.4 is 5.32 Å². The summed E-state index contributed by atoms with van der Waals surface area (Å²) in [5.41, 5.74) is 2.00. The summed E-state index contributed by atoms with van der Waals surface area (Å²) >= 11 is 8.04. The Hall–Kier alpha value is -0.950. The van der Waals surface area contributed by atoms with E-state index in [2.05, 4.69) is 46.7 Å². The lowest BCUT2D eigenvalue weighted by Crippen LogP contribution is -2.27. The predicted molar refractivity (Wildman–Crippen MR) is 88.2 cm³/mol. The van der Waals surface area contributed by atoms with Crippen LogP contribution in [0.15, 0.2) is 11.6 Å². The second-order valence-electron chi connectivity index (χ2n) is 5.19. The molecule has 2 rings (SSSR count). The van der Waals surface area contributed by atoms with Crippen LogP contribution in [-0.2, 0) is 6.54 Å². The van der Waals surface area contributed by atoms with Crippen LogP contribution in [0.25, 0.3) is 0 Å². The summed E-state index contributed by atoms with van der Waals surface area (Å²) < 4.78 is 1.98. The SMILES string of the molecule is CCNC(c1csc(C)n1)c1c(Cl)cnn1CCN(C)C. The summed E-state index contributed by atoms with van der Waals surface area (Å²) in [5.74, 6) is 0. The van der Waals surface area contributed by atoms with E-state index in [0.717, 1.165) is 36.0 Å². The van der Waals surface area contributed by atoms with Crippen LogP contribution in [-0.4, -0.2) is 46.8 Å². The lowest BCUT2D eigenvalue weighted by atomic mass is 10.1. The first-order valence-electron chi connectivity index (χ1n) is 7.04. The smallest absolute Gasteiger partial charge is 0.0945 e. The van der Waals surface area contributed by atoms with E-state index in [4.69, 9.17) is 11.6 Å². The Morgan fingerprint density at radius 3 is 2.81 bits per heavy atom. The normalized spacial score (nSPS) is 13.0. The third kappa shape index (κ3) is 4.03. The first-order valence-corrected chi connectivity index (χ1v) is 8.30. The topological polar surface area (TPSA) is 46.0 Å². The molecule has 0 spiro atoms. The minimum atomic E-state index is -0.0166. The fourth-order valence-electron chi connectivity index (χ4n) is 2.19. The standard InChI is InChI=1S/C14H22ClN5S/c1-5-16-13(12-9-21-10(2)18-12)14-11(15)8-17-20(14)7-6-19(3)4/h8-9,13,16H,5-7H2,1-4H3. The molecule has 116 valence electrons. The van der Waals surface area contributed by atoms with Crippen molar-refractivity contribution in [3.8, 4) is 0 Å². The summed E-state index contributed by atoms with van der Waals surface area (Å²) in [6, 6.07) is -0.0166. The number of hydrogen-bond donors (Lipinski definition) is 1. The molecule has 0 aliphatic heterocycles. The summed E-state index contributed by atoms with van der Waals surface area (Å²) in [6.07, 6.45) is 1.72. The zero-order chi connectivity index (χ0) is 15.4. The van der Waals surface area contributed by atoms with Crippen LogP contribution in [0.3, 0.4) is 0 Å². The molecule has 1 N–H and O–H groups in total. The van der Waals surface area contributed by atoms with Gasteiger partial charge < -0.3 is 10.2 Å². The minimum absolute atomic E-state index is 0.0166. The van der Waals surface area contributed by atoms with Gasteiger partial charge in [0.15, 0.2) is 0 Å². The number of thiazole rings is 1. The highest BCUT2D eigenvalue weighted by atomic mass is 35.5. The maximum Gasteiger partial charge on any atom is 0.0945 e. The number of nitrogens with zero attached hydrogens (tertiary/aromatic N) is 4. The lowest BCUT2D eigenvalue weighted by molar-refractivity contribution is 0.365. The van der Waals surface area contributed by atoms with Crippen LogP contribution in [0, 0.1) is 6.92 Å². The van der Waals surface area contributed by atoms with Crippen molar-refractivity contribution in [2.24, 2.45) is 0 Å². The fourth-order valence-corrected chi connectivity index (χ4v) is 3.08. The molecular weight excluding hydrogens is 306 g/mol. The number of rotatable bonds is 7. The summed E-state index contributed by atoms with van der Waals surface area (Å²) in [6.45, 7) is 6.67. The zero-order valence-electron chi connectivity index (χ0n) is 12.9. The van der Waals surface area contributed by atoms with E-state index in [1.54, 1.807) is 17.5 Å². The molecule has 2 aromatic heterocycles. The Morgan fingerprint density at radius 1 is 1.48 bits per heavy atom. The van der Waals surface area contributed by atoms with Gasteiger partial charge in [-0.3, -0.25) is 4.68 Å². The summed E-state index contributed by atoms with van der Waals surface area (Å²) in [4.78, 5) is 6.74. The van der Waals surface area contributed by atoms with Gasteiger partial charge in [0.05, 0.1) is 40.2 Å². The third-order valence-corrected chi connectivity index (χ3v) is 4.29. The molecule has 0 aliphatic carbocycles. The molecule has 0 aliphatic rings. The molecule has 7 heteroatoms. The summed E-state index contributed by atoms with van der Waals surface area (Å²) in [7, 11) is 4.10. The van der Waals surface area contributed by atoms with Crippen molar-refractivity contribution in [2.75, 3.05) is 27.2 Å². The average Bonchev–Trinajstić information content (AvgIpc) is 3.00. The van der Waals surface area contributed by atoms with Crippen molar-refractivity contribution in [1.82, 2.24) is 25.0 Å². The van der Waals surface area contributed by atoms with Crippen molar-refractivity contribution in [2.45, 2.75) is 26.4 Å². The highest BCUT2D eigenvalue weighted by molar-refractivity contribution is 7.09. The highest BCUT2D eigenvalue weighted by Crippen LogP contribution is 2.29. The second kappa shape index (κ2) is 7.35. The highest BCUT2D eigenvalue weighted by Gasteiger charge is 2.23. The number of nitrogens with one attached hydrogen (secondary N) is 1. The molecule has 0 bridgehead atoms. The number of aromatic nitrogens is 3. The van der Waals surface area contributed by atoms with Crippen molar-refractivity contribution in [3.05, 3.63) is 33.0 Å². The number of likely N-dealkylation sites (N-methyl/N-ethyl adjacent to an activating group) is 1. The van der Waals surface area contributed by atoms with E-state index in [0.29, 0.717) is 5.02 Å². The molecule has 5 nitrogen and oxygen atoms in total. The van der Waals surface area contributed by atoms with E-state index in [1.807, 2.05) is 11.6 Å². The Bertz CT molecular complexity index is 578. The quantitative estimate of drug-likeness (QED) is 0.849. The van der Waals surface area contributed by atoms with Crippen molar-refractivity contribution in [1.29, 1.82) is 0 Å². The predicted octanol–water partition coefficient (Wildman–Crippen LogP) is 2.56. The molecule has 1 unspecified atom stereocenters. The monoisotopic (exact) mass is 327 g/mol. The molecule has 2 aromatic rings. The van der Waals surface area contributed by atoms with Crippen LogP contribution in [0.5, 0.6) is 0 Å². The Labute approximate surface area is 134 Å². The van der Waals surface area contributed by atoms with Gasteiger partial charge in [-0.1, -0.05) is 18.5 Å². The van der Waals surface area contributed by atoms with E-state index in [1.165, 1.54) is 0 Å². The third-order valence-electron chi connectivity index (χ3n) is 3.21. The number of hydrogen-bond acceptors (Lipinski definition) is 5. The summed E-state index contributed by atoms with van der Waals surface area (Å²) in [5, 5.41) is 11.7. The van der Waals surface area contributed by atoms with Gasteiger partial charge in [0, 0.05) is 11.9 Å². The largest absolute Gasteiger partial charge is 0.308 e. The molecule has 2 heterocycles. The first kappa shape index (κ1) is 16.4. The molecule has 0 radical (unpaired) electrons. The molecule has 21 heavy (non-hydrogen) atoms. The zero-order valence-corrected chi connectivity index (χ0v) is 14.5. The maximum absolute atomic E-state index is 6.39. The van der Waals surface area contributed by atoms with E-state index in [9.17, 15) is 0 Å². The second-order valence-corrected chi connectivity index (χ2v) is 6.66. The van der Waals surface area contributed by atoms with E-state index >= 15 is 0 Å². The number of halogens is 1. The molecule has 0 saturated carbocycles. The maximum atomic E-state index is 6.39. The first-order chi connectivity index (χ1) is 10.0. The van der Waals surface area contributed by atoms with Gasteiger partial charge in [-0.2, -0.15) is 5.10 Å². The molecule has 0 fully saturated rings. The molecule has 1 atom stereocenters. The molecule has 0 aromatic carbocycles. The van der Waals surface area contributed by atoms with Crippen LogP contribution in [0.1, 0.15) is 29.4 Å². The van der Waals surface area contributed by atoms with Crippen LogP contribution in [0.2, 0.25) is 5.02 Å². The van der Waals surface area contributed by atoms with Gasteiger partial charge in [-0.05, 0) is 27.6 Å². The van der Waals surface area contributed by atoms with Gasteiger partial charge in [0.1, 0.15) is 0 Å². The molecule has 0 saturated heterocycles. The van der Waals surface area contributed by atoms with Gasteiger partial charge >= 0.3 is 0 Å². The van der Waals surface area contributed by atoms with E-state index < -0.39 is 0 Å². The number of aryl methyl sites for hydroxylation is 1. The van der Waals surface area contributed by atoms with Gasteiger partial charge in [0.2, 0.25) is 0 Å². The molecule has 0 amide bonds. The Balaban J connectivity index is 2.33. The van der Waals surface area contributed by atoms with Gasteiger partial charge in [-0.25, -0.2) is 4.98 Å². The van der Waals surface area contributed by atoms with Gasteiger partial charge in [-0.15, -0.1) is 11.3 Å². The van der Waals surface area contributed by atoms with Crippen molar-refractivity contribution in [3.63, 3.8) is 0 Å².